The Morgan fingerprint density at radius 2 is 1.87 bits per heavy atom. The molecular weight excluding hydrogens is 482 g/mol. The van der Waals surface area contributed by atoms with Gasteiger partial charge in [0.2, 0.25) is 5.78 Å². The molecule has 0 radical (unpaired) electrons. The normalized spacial score (nSPS) is 12.7. The number of nitrogens with zero attached hydrogens (tertiary/aromatic N) is 3. The van der Waals surface area contributed by atoms with Crippen LogP contribution in [0.2, 0.25) is 0 Å². The standard InChI is InChI=1S/C29H27N5O4/c1-17(2)19-10-11-24-22(14-19)25-20(16-38-24)15-34(33-25)28-21(9-6-12-31-28)29(37)32-23(26(35)27(30)36)13-18-7-4-3-5-8-18/h3-12,14-15,17,23H,13,16H2,1-2H3,(H2,30,36)(H,32,37). The Morgan fingerprint density at radius 1 is 1.08 bits per heavy atom. The number of nitrogens with two attached hydrogens (primary N) is 1. The van der Waals surface area contributed by atoms with Gasteiger partial charge in [0.25, 0.3) is 11.8 Å². The zero-order chi connectivity index (χ0) is 26.8. The zero-order valence-electron chi connectivity index (χ0n) is 21.0. The van der Waals surface area contributed by atoms with E-state index in [-0.39, 0.29) is 17.8 Å². The molecule has 0 fully saturated rings. The highest BCUT2D eigenvalue weighted by molar-refractivity contribution is 6.38. The molecule has 0 bridgehead atoms. The van der Waals surface area contributed by atoms with Crippen LogP contribution in [0, 0.1) is 0 Å². The van der Waals surface area contributed by atoms with Crippen LogP contribution in [0.3, 0.4) is 0 Å². The van der Waals surface area contributed by atoms with E-state index < -0.39 is 23.6 Å². The average molecular weight is 510 g/mol. The van der Waals surface area contributed by atoms with Gasteiger partial charge in [0.05, 0.1) is 5.56 Å². The van der Waals surface area contributed by atoms with Crippen molar-refractivity contribution in [2.45, 2.75) is 38.8 Å². The molecule has 5 rings (SSSR count). The molecule has 2 aromatic carbocycles. The first-order valence-corrected chi connectivity index (χ1v) is 12.3. The van der Waals surface area contributed by atoms with Crippen molar-refractivity contribution in [3.05, 3.63) is 95.3 Å². The number of Topliss-reactive ketones (excluding diaryl/α,β-unsaturated/α-hetero) is 1. The smallest absolute Gasteiger partial charge is 0.287 e. The van der Waals surface area contributed by atoms with Crippen molar-refractivity contribution in [2.24, 2.45) is 5.73 Å². The van der Waals surface area contributed by atoms with Gasteiger partial charge >= 0.3 is 0 Å². The average Bonchev–Trinajstić information content (AvgIpc) is 3.37. The van der Waals surface area contributed by atoms with Crippen LogP contribution in [-0.2, 0) is 22.6 Å². The molecule has 1 aliphatic heterocycles. The summed E-state index contributed by atoms with van der Waals surface area (Å²) in [6.45, 7) is 4.58. The third-order valence-electron chi connectivity index (χ3n) is 6.49. The molecule has 1 aliphatic rings. The first kappa shape index (κ1) is 24.9. The molecule has 0 saturated carbocycles. The lowest BCUT2D eigenvalue weighted by Gasteiger charge is -2.18. The summed E-state index contributed by atoms with van der Waals surface area (Å²) in [7, 11) is 0. The van der Waals surface area contributed by atoms with Crippen molar-refractivity contribution in [3.63, 3.8) is 0 Å². The van der Waals surface area contributed by atoms with Crippen molar-refractivity contribution in [2.75, 3.05) is 0 Å². The minimum absolute atomic E-state index is 0.117. The number of carbonyl (C=O) groups excluding carboxylic acids is 3. The lowest BCUT2D eigenvalue weighted by molar-refractivity contribution is -0.137. The summed E-state index contributed by atoms with van der Waals surface area (Å²) in [6.07, 6.45) is 3.46. The minimum atomic E-state index is -1.13. The molecule has 1 unspecified atom stereocenters. The molecule has 2 aromatic heterocycles. The molecule has 1 atom stereocenters. The fraction of sp³-hybridized carbons (Fsp3) is 0.207. The number of ether oxygens (including phenoxy) is 1. The number of hydrogen-bond acceptors (Lipinski definition) is 6. The summed E-state index contributed by atoms with van der Waals surface area (Å²) >= 11 is 0. The SMILES string of the molecule is CC(C)c1ccc2c(c1)-c1nn(-c3ncccc3C(=O)NC(Cc3ccccc3)C(=O)C(N)=O)cc1CO2. The van der Waals surface area contributed by atoms with E-state index in [2.05, 4.69) is 30.2 Å². The Kier molecular flexibility index (Phi) is 6.74. The summed E-state index contributed by atoms with van der Waals surface area (Å²) in [5, 5.41) is 7.44. The maximum atomic E-state index is 13.4. The van der Waals surface area contributed by atoms with Crippen LogP contribution in [0.4, 0.5) is 0 Å². The van der Waals surface area contributed by atoms with Crippen molar-refractivity contribution < 1.29 is 19.1 Å². The van der Waals surface area contributed by atoms with Crippen molar-refractivity contribution >= 4 is 17.6 Å². The van der Waals surface area contributed by atoms with E-state index in [4.69, 9.17) is 15.6 Å². The van der Waals surface area contributed by atoms with Crippen molar-refractivity contribution in [1.29, 1.82) is 0 Å². The zero-order valence-corrected chi connectivity index (χ0v) is 21.0. The Labute approximate surface area is 219 Å². The third kappa shape index (κ3) is 4.90. The predicted octanol–water partition coefficient (Wildman–Crippen LogP) is 3.35. The largest absolute Gasteiger partial charge is 0.488 e. The van der Waals surface area contributed by atoms with Gasteiger partial charge in [-0.15, -0.1) is 0 Å². The van der Waals surface area contributed by atoms with Gasteiger partial charge in [0.1, 0.15) is 24.1 Å². The summed E-state index contributed by atoms with van der Waals surface area (Å²) in [5.41, 5.74) is 9.91. The molecule has 0 aliphatic carbocycles. The Morgan fingerprint density at radius 3 is 2.61 bits per heavy atom. The van der Waals surface area contributed by atoms with Gasteiger partial charge in [0, 0.05) is 29.9 Å². The number of carbonyl (C=O) groups is 3. The molecule has 9 nitrogen and oxygen atoms in total. The van der Waals surface area contributed by atoms with Gasteiger partial charge in [-0.1, -0.05) is 50.2 Å². The second kappa shape index (κ2) is 10.3. The maximum absolute atomic E-state index is 13.4. The van der Waals surface area contributed by atoms with Gasteiger partial charge < -0.3 is 15.8 Å². The van der Waals surface area contributed by atoms with Crippen LogP contribution < -0.4 is 15.8 Å². The minimum Gasteiger partial charge on any atom is -0.488 e. The van der Waals surface area contributed by atoms with Crippen LogP contribution in [-0.4, -0.2) is 38.4 Å². The summed E-state index contributed by atoms with van der Waals surface area (Å²) in [6, 6.07) is 17.2. The van der Waals surface area contributed by atoms with E-state index in [9.17, 15) is 14.4 Å². The van der Waals surface area contributed by atoms with Gasteiger partial charge in [0.15, 0.2) is 5.82 Å². The Hall–Kier alpha value is -4.79. The number of fused-ring (bicyclic) bond motifs is 3. The lowest BCUT2D eigenvalue weighted by atomic mass is 9.97. The molecule has 3 heterocycles. The summed E-state index contributed by atoms with van der Waals surface area (Å²) in [4.78, 5) is 42.1. The highest BCUT2D eigenvalue weighted by Crippen LogP contribution is 2.38. The molecule has 192 valence electrons. The van der Waals surface area contributed by atoms with Crippen LogP contribution in [0.5, 0.6) is 5.75 Å². The van der Waals surface area contributed by atoms with Crippen molar-refractivity contribution in [3.8, 4) is 22.8 Å². The molecular formula is C29H27N5O4. The molecule has 0 saturated heterocycles. The second-order valence-corrected chi connectivity index (χ2v) is 9.47. The van der Waals surface area contributed by atoms with Gasteiger partial charge in [-0.2, -0.15) is 5.10 Å². The molecule has 38 heavy (non-hydrogen) atoms. The second-order valence-electron chi connectivity index (χ2n) is 9.47. The van der Waals surface area contributed by atoms with Crippen LogP contribution in [0.15, 0.2) is 73.1 Å². The fourth-order valence-electron chi connectivity index (χ4n) is 4.45. The van der Waals surface area contributed by atoms with E-state index >= 15 is 0 Å². The predicted molar refractivity (Wildman–Crippen MR) is 141 cm³/mol. The maximum Gasteiger partial charge on any atom is 0.287 e. The van der Waals surface area contributed by atoms with Crippen molar-refractivity contribution in [1.82, 2.24) is 20.1 Å². The highest BCUT2D eigenvalue weighted by Gasteiger charge is 2.28. The Balaban J connectivity index is 1.47. The fourth-order valence-corrected chi connectivity index (χ4v) is 4.45. The molecule has 0 spiro atoms. The quantitative estimate of drug-likeness (QED) is 0.351. The number of pyridine rings is 1. The van der Waals surface area contributed by atoms with Gasteiger partial charge in [-0.3, -0.25) is 14.4 Å². The molecule has 3 N–H and O–H groups in total. The van der Waals surface area contributed by atoms with E-state index in [1.165, 1.54) is 0 Å². The number of aromatic nitrogens is 3. The third-order valence-corrected chi connectivity index (χ3v) is 6.49. The van der Waals surface area contributed by atoms with E-state index in [0.29, 0.717) is 12.5 Å². The van der Waals surface area contributed by atoms with Crippen LogP contribution >= 0.6 is 0 Å². The number of primary amides is 1. The summed E-state index contributed by atoms with van der Waals surface area (Å²) < 4.78 is 7.48. The Bertz CT molecular complexity index is 1530. The highest BCUT2D eigenvalue weighted by atomic mass is 16.5. The van der Waals surface area contributed by atoms with E-state index in [1.54, 1.807) is 29.2 Å². The van der Waals surface area contributed by atoms with E-state index in [1.807, 2.05) is 42.5 Å². The van der Waals surface area contributed by atoms with Crippen LogP contribution in [0.1, 0.15) is 46.8 Å². The van der Waals surface area contributed by atoms with Gasteiger partial charge in [-0.25, -0.2) is 9.67 Å². The molecule has 4 aromatic rings. The van der Waals surface area contributed by atoms with Gasteiger partial charge in [-0.05, 0) is 41.3 Å². The van der Waals surface area contributed by atoms with E-state index in [0.717, 1.165) is 33.7 Å². The van der Waals surface area contributed by atoms with Crippen LogP contribution in [0.25, 0.3) is 17.1 Å². The number of rotatable bonds is 8. The number of amides is 2. The first-order chi connectivity index (χ1) is 18.3. The number of benzene rings is 2. The molecule has 2 amide bonds. The topological polar surface area (TPSA) is 129 Å². The number of nitrogens with one attached hydrogen (secondary N) is 1. The molecule has 9 heteroatoms. The number of ketones is 1. The lowest BCUT2D eigenvalue weighted by Crippen LogP contribution is -2.47. The number of hydrogen-bond donors (Lipinski definition) is 2. The monoisotopic (exact) mass is 509 g/mol. The first-order valence-electron chi connectivity index (χ1n) is 12.3. The summed E-state index contributed by atoms with van der Waals surface area (Å²) in [5.74, 6) is -1.19.